The van der Waals surface area contributed by atoms with Crippen molar-refractivity contribution >= 4 is 5.95 Å². The van der Waals surface area contributed by atoms with Crippen LogP contribution in [-0.4, -0.2) is 15.2 Å². The van der Waals surface area contributed by atoms with Gasteiger partial charge in [-0.25, -0.2) is 4.90 Å². The summed E-state index contributed by atoms with van der Waals surface area (Å²) in [5, 5.41) is 6.82. The van der Waals surface area contributed by atoms with Crippen LogP contribution in [0.4, 0.5) is 5.95 Å². The summed E-state index contributed by atoms with van der Waals surface area (Å²) in [5.41, 5.74) is 0. The van der Waals surface area contributed by atoms with Gasteiger partial charge in [-0.15, -0.1) is 0 Å². The average Bonchev–Trinajstić information content (AvgIpc) is 2.55. The molecule has 2 N–H and O–H groups in total. The number of rotatable bonds is 1. The SMILES string of the molecule is Cc1nc([NH+]2C=CC=C2)n[nH]1. The van der Waals surface area contributed by atoms with Crippen molar-refractivity contribution in [2.45, 2.75) is 6.92 Å². The van der Waals surface area contributed by atoms with E-state index in [1.165, 1.54) is 0 Å². The lowest BCUT2D eigenvalue weighted by molar-refractivity contribution is -0.716. The van der Waals surface area contributed by atoms with E-state index in [4.69, 9.17) is 0 Å². The second kappa shape index (κ2) is 2.32. The summed E-state index contributed by atoms with van der Waals surface area (Å²) in [7, 11) is 0. The van der Waals surface area contributed by atoms with Crippen LogP contribution in [0.15, 0.2) is 24.6 Å². The third-order valence-electron chi connectivity index (χ3n) is 1.52. The minimum atomic E-state index is 0.771. The van der Waals surface area contributed by atoms with E-state index in [1.54, 1.807) is 0 Å². The summed E-state index contributed by atoms with van der Waals surface area (Å²) in [5.74, 6) is 1.62. The molecule has 0 amide bonds. The van der Waals surface area contributed by atoms with E-state index >= 15 is 0 Å². The highest BCUT2D eigenvalue weighted by atomic mass is 15.3. The van der Waals surface area contributed by atoms with Gasteiger partial charge in [0.2, 0.25) is 0 Å². The molecule has 4 nitrogen and oxygen atoms in total. The highest BCUT2D eigenvalue weighted by molar-refractivity contribution is 5.10. The Labute approximate surface area is 64.2 Å². The fourth-order valence-electron chi connectivity index (χ4n) is 0.995. The van der Waals surface area contributed by atoms with Gasteiger partial charge in [-0.1, -0.05) is 5.10 Å². The molecule has 1 aromatic heterocycles. The van der Waals surface area contributed by atoms with Crippen molar-refractivity contribution in [1.29, 1.82) is 0 Å². The van der Waals surface area contributed by atoms with Crippen molar-refractivity contribution in [3.8, 4) is 0 Å². The van der Waals surface area contributed by atoms with Crippen LogP contribution in [0.5, 0.6) is 0 Å². The zero-order valence-corrected chi connectivity index (χ0v) is 6.20. The maximum Gasteiger partial charge on any atom is 0.355 e. The first-order chi connectivity index (χ1) is 5.36. The molecule has 2 rings (SSSR count). The number of aromatic nitrogens is 3. The molecule has 0 spiro atoms. The Morgan fingerprint density at radius 3 is 2.64 bits per heavy atom. The van der Waals surface area contributed by atoms with Crippen LogP contribution in [0.2, 0.25) is 0 Å². The molecule has 0 saturated carbocycles. The number of allylic oxidation sites excluding steroid dienone is 2. The average molecular weight is 149 g/mol. The molecule has 0 bridgehead atoms. The first kappa shape index (κ1) is 6.30. The topological polar surface area (TPSA) is 46.0 Å². The van der Waals surface area contributed by atoms with Gasteiger partial charge < -0.3 is 0 Å². The predicted molar refractivity (Wildman–Crippen MR) is 40.0 cm³/mol. The number of hydrogen-bond acceptors (Lipinski definition) is 2. The minimum absolute atomic E-state index is 0.771. The van der Waals surface area contributed by atoms with Crippen LogP contribution in [0.25, 0.3) is 0 Å². The van der Waals surface area contributed by atoms with Crippen LogP contribution in [0.3, 0.4) is 0 Å². The van der Waals surface area contributed by atoms with Crippen molar-refractivity contribution in [2.75, 3.05) is 0 Å². The second-order valence-corrected chi connectivity index (χ2v) is 2.42. The van der Waals surface area contributed by atoms with Gasteiger partial charge in [0.05, 0.1) is 0 Å². The van der Waals surface area contributed by atoms with Gasteiger partial charge in [-0.05, 0) is 19.1 Å². The van der Waals surface area contributed by atoms with Crippen molar-refractivity contribution in [2.24, 2.45) is 0 Å². The Morgan fingerprint density at radius 1 is 1.36 bits per heavy atom. The highest BCUT2D eigenvalue weighted by Crippen LogP contribution is 1.92. The fraction of sp³-hybridized carbons (Fsp3) is 0.143. The molecule has 0 aliphatic carbocycles. The molecule has 0 radical (unpaired) electrons. The van der Waals surface area contributed by atoms with Gasteiger partial charge in [0.15, 0.2) is 0 Å². The van der Waals surface area contributed by atoms with Crippen LogP contribution >= 0.6 is 0 Å². The van der Waals surface area contributed by atoms with Gasteiger partial charge in [-0.2, -0.15) is 4.98 Å². The van der Waals surface area contributed by atoms with Crippen molar-refractivity contribution < 1.29 is 4.90 Å². The number of quaternary nitrogens is 1. The number of aryl methyl sites for hydroxylation is 1. The van der Waals surface area contributed by atoms with E-state index in [0.717, 1.165) is 16.7 Å². The van der Waals surface area contributed by atoms with E-state index < -0.39 is 0 Å². The summed E-state index contributed by atoms with van der Waals surface area (Å²) in [6.45, 7) is 1.89. The molecular weight excluding hydrogens is 140 g/mol. The van der Waals surface area contributed by atoms with Crippen LogP contribution in [-0.2, 0) is 0 Å². The van der Waals surface area contributed by atoms with Gasteiger partial charge in [-0.3, -0.25) is 5.10 Å². The quantitative estimate of drug-likeness (QED) is 0.574. The molecule has 2 heterocycles. The van der Waals surface area contributed by atoms with Gasteiger partial charge in [0.25, 0.3) is 0 Å². The number of H-pyrrole nitrogens is 1. The summed E-state index contributed by atoms with van der Waals surface area (Å²) in [4.78, 5) is 5.25. The van der Waals surface area contributed by atoms with Gasteiger partial charge in [0, 0.05) is 0 Å². The maximum absolute atomic E-state index is 4.19. The third-order valence-corrected chi connectivity index (χ3v) is 1.52. The normalized spacial score (nSPS) is 16.5. The molecule has 4 heteroatoms. The largest absolute Gasteiger partial charge is 0.355 e. The van der Waals surface area contributed by atoms with Gasteiger partial charge in [0.1, 0.15) is 18.2 Å². The zero-order chi connectivity index (χ0) is 7.68. The van der Waals surface area contributed by atoms with E-state index in [9.17, 15) is 0 Å². The number of nitrogens with zero attached hydrogens (tertiary/aromatic N) is 2. The van der Waals surface area contributed by atoms with E-state index in [1.807, 2.05) is 31.5 Å². The Kier molecular flexibility index (Phi) is 1.33. The number of hydrogen-bond donors (Lipinski definition) is 2. The third kappa shape index (κ3) is 1.08. The minimum Gasteiger partial charge on any atom is -0.258 e. The fourth-order valence-corrected chi connectivity index (χ4v) is 0.995. The van der Waals surface area contributed by atoms with Crippen molar-refractivity contribution in [3.63, 3.8) is 0 Å². The predicted octanol–water partition coefficient (Wildman–Crippen LogP) is -0.329. The van der Waals surface area contributed by atoms with Gasteiger partial charge >= 0.3 is 5.95 Å². The number of aromatic amines is 1. The molecule has 0 aromatic carbocycles. The molecule has 1 aromatic rings. The molecular formula is C7H9N4+. The second-order valence-electron chi connectivity index (χ2n) is 2.42. The van der Waals surface area contributed by atoms with E-state index in [-0.39, 0.29) is 0 Å². The Morgan fingerprint density at radius 2 is 2.09 bits per heavy atom. The maximum atomic E-state index is 4.19. The standard InChI is InChI=1S/C7H8N4/c1-6-8-7(10-9-6)11-4-2-3-5-11/h2-5H,1H3,(H,8,9,10)/p+1. The van der Waals surface area contributed by atoms with E-state index in [2.05, 4.69) is 15.2 Å². The lowest BCUT2D eigenvalue weighted by atomic mass is 10.6. The van der Waals surface area contributed by atoms with Crippen molar-refractivity contribution in [3.05, 3.63) is 30.4 Å². The molecule has 0 fully saturated rings. The molecule has 1 aliphatic heterocycles. The first-order valence-electron chi connectivity index (χ1n) is 3.47. The summed E-state index contributed by atoms with van der Waals surface area (Å²) in [6, 6.07) is 0. The lowest BCUT2D eigenvalue weighted by Crippen LogP contribution is -2.96. The van der Waals surface area contributed by atoms with Crippen molar-refractivity contribution in [1.82, 2.24) is 15.2 Å². The lowest BCUT2D eigenvalue weighted by Gasteiger charge is -1.96. The van der Waals surface area contributed by atoms with Crippen LogP contribution in [0.1, 0.15) is 5.82 Å². The Bertz CT molecular complexity index is 298. The Balaban J connectivity index is 2.29. The molecule has 0 unspecified atom stereocenters. The molecule has 56 valence electrons. The molecule has 0 saturated heterocycles. The monoisotopic (exact) mass is 149 g/mol. The summed E-state index contributed by atoms with van der Waals surface area (Å²) >= 11 is 0. The Hall–Kier alpha value is -1.42. The molecule has 11 heavy (non-hydrogen) atoms. The molecule has 0 atom stereocenters. The summed E-state index contributed by atoms with van der Waals surface area (Å²) < 4.78 is 0. The van der Waals surface area contributed by atoms with Crippen LogP contribution < -0.4 is 4.90 Å². The summed E-state index contributed by atoms with van der Waals surface area (Å²) in [6.07, 6.45) is 7.92. The highest BCUT2D eigenvalue weighted by Gasteiger charge is 2.13. The van der Waals surface area contributed by atoms with Crippen LogP contribution in [0, 0.1) is 6.92 Å². The molecule has 1 aliphatic rings. The number of nitrogens with one attached hydrogen (secondary N) is 2. The smallest absolute Gasteiger partial charge is 0.258 e. The zero-order valence-electron chi connectivity index (χ0n) is 6.20. The first-order valence-corrected chi connectivity index (χ1v) is 3.47. The van der Waals surface area contributed by atoms with E-state index in [0.29, 0.717) is 0 Å².